The summed E-state index contributed by atoms with van der Waals surface area (Å²) in [4.78, 5) is 14.4. The van der Waals surface area contributed by atoms with Crippen molar-refractivity contribution in [2.75, 3.05) is 25.6 Å². The second-order valence-electron chi connectivity index (χ2n) is 11.8. The molecule has 41 heavy (non-hydrogen) atoms. The van der Waals surface area contributed by atoms with Gasteiger partial charge >= 0.3 is 0 Å². The van der Waals surface area contributed by atoms with E-state index in [2.05, 4.69) is 41.0 Å². The number of ether oxygens (including phenoxy) is 2. The minimum Gasteiger partial charge on any atom is -0.378 e. The maximum absolute atomic E-state index is 13.8. The molecule has 2 aromatic rings. The first-order valence-corrected chi connectivity index (χ1v) is 14.8. The summed E-state index contributed by atoms with van der Waals surface area (Å²) in [6.45, 7) is 4.41. The Balaban J connectivity index is 0.00000148. The van der Waals surface area contributed by atoms with Gasteiger partial charge in [-0.2, -0.15) is 0 Å². The maximum atomic E-state index is 13.8. The van der Waals surface area contributed by atoms with Crippen molar-refractivity contribution in [1.82, 2.24) is 0 Å². The molecular formula is C35H37F2NO3. The Hall–Kier alpha value is -3.27. The van der Waals surface area contributed by atoms with E-state index in [1.165, 1.54) is 28.9 Å². The molecule has 1 spiro atoms. The van der Waals surface area contributed by atoms with E-state index in [1.54, 1.807) is 0 Å². The van der Waals surface area contributed by atoms with Crippen LogP contribution in [0.15, 0.2) is 65.3 Å². The zero-order valence-electron chi connectivity index (χ0n) is 24.2. The summed E-state index contributed by atoms with van der Waals surface area (Å²) in [6, 6.07) is 11.9. The predicted octanol–water partition coefficient (Wildman–Crippen LogP) is 7.09. The number of fused-ring (bicyclic) bond motifs is 3. The number of anilines is 1. The molecule has 5 atom stereocenters. The highest BCUT2D eigenvalue weighted by Gasteiger charge is 2.78. The standard InChI is InChI=1S/C33H31F2NO3.C2H6/c1-36(2)25-6-3-21(4-7-25)31-30-27-10-8-26(37)17-22(27)5-9-28(30)29-12-14-32(33(29,39-32)19-38-31)13-11-20-15-23(34)18-24(35)16-20;1-2/h3-4,6-7,15-18,28-29,31H,5,8-10,12,14,19H2,1-2H3;1-2H3/t28?,29?,31-,32+,33-;/m1./s1. The van der Waals surface area contributed by atoms with Crippen molar-refractivity contribution in [2.45, 2.75) is 69.7 Å². The number of epoxide rings is 1. The van der Waals surface area contributed by atoms with Gasteiger partial charge in [0.05, 0.1) is 6.61 Å². The maximum Gasteiger partial charge on any atom is 0.161 e. The topological polar surface area (TPSA) is 42.1 Å². The van der Waals surface area contributed by atoms with E-state index < -0.39 is 22.8 Å². The van der Waals surface area contributed by atoms with Crippen LogP contribution in [0, 0.1) is 35.3 Å². The van der Waals surface area contributed by atoms with E-state index >= 15 is 0 Å². The number of benzene rings is 2. The van der Waals surface area contributed by atoms with Crippen LogP contribution in [-0.4, -0.2) is 37.7 Å². The summed E-state index contributed by atoms with van der Waals surface area (Å²) in [7, 11) is 4.05. The molecule has 2 aliphatic heterocycles. The van der Waals surface area contributed by atoms with Crippen LogP contribution >= 0.6 is 0 Å². The van der Waals surface area contributed by atoms with Crippen molar-refractivity contribution < 1.29 is 23.0 Å². The highest BCUT2D eigenvalue weighted by atomic mass is 19.1. The second-order valence-corrected chi connectivity index (χ2v) is 11.8. The first-order chi connectivity index (χ1) is 19.8. The molecule has 214 valence electrons. The van der Waals surface area contributed by atoms with Gasteiger partial charge in [0.15, 0.2) is 11.4 Å². The molecule has 2 unspecified atom stereocenters. The summed E-state index contributed by atoms with van der Waals surface area (Å²) < 4.78 is 40.9. The minimum absolute atomic E-state index is 0.208. The predicted molar refractivity (Wildman–Crippen MR) is 155 cm³/mol. The summed E-state index contributed by atoms with van der Waals surface area (Å²) in [6.07, 6.45) is 6.49. The van der Waals surface area contributed by atoms with Crippen LogP contribution in [0.2, 0.25) is 0 Å². The Labute approximate surface area is 241 Å². The fourth-order valence-electron chi connectivity index (χ4n) is 7.58. The second kappa shape index (κ2) is 10.5. The highest BCUT2D eigenvalue weighted by Crippen LogP contribution is 2.68. The van der Waals surface area contributed by atoms with Gasteiger partial charge in [-0.3, -0.25) is 4.79 Å². The van der Waals surface area contributed by atoms with Gasteiger partial charge in [0, 0.05) is 43.8 Å². The number of rotatable bonds is 2. The van der Waals surface area contributed by atoms with Crippen molar-refractivity contribution in [3.8, 4) is 11.8 Å². The first kappa shape index (κ1) is 27.9. The fourth-order valence-corrected chi connectivity index (χ4v) is 7.58. The molecule has 0 aromatic heterocycles. The minimum atomic E-state index is -0.668. The third kappa shape index (κ3) is 4.64. The third-order valence-corrected chi connectivity index (χ3v) is 9.44. The zero-order valence-corrected chi connectivity index (χ0v) is 24.2. The van der Waals surface area contributed by atoms with Crippen LogP contribution in [0.3, 0.4) is 0 Å². The number of hydrogen-bond acceptors (Lipinski definition) is 4. The number of ketones is 1. The third-order valence-electron chi connectivity index (χ3n) is 9.44. The van der Waals surface area contributed by atoms with E-state index in [1.807, 2.05) is 34.0 Å². The zero-order chi connectivity index (χ0) is 28.9. The van der Waals surface area contributed by atoms with Gasteiger partial charge in [-0.1, -0.05) is 37.8 Å². The Kier molecular flexibility index (Phi) is 7.16. The molecule has 7 rings (SSSR count). The van der Waals surface area contributed by atoms with Gasteiger partial charge in [0.1, 0.15) is 23.3 Å². The van der Waals surface area contributed by atoms with Crippen LogP contribution in [0.1, 0.15) is 69.6 Å². The molecule has 0 N–H and O–H groups in total. The summed E-state index contributed by atoms with van der Waals surface area (Å²) in [5.41, 5.74) is 5.11. The van der Waals surface area contributed by atoms with Gasteiger partial charge in [-0.05, 0) is 90.6 Å². The molecule has 2 aromatic carbocycles. The molecule has 3 fully saturated rings. The Morgan fingerprint density at radius 1 is 0.976 bits per heavy atom. The Bertz CT molecular complexity index is 1480. The molecule has 0 bridgehead atoms. The van der Waals surface area contributed by atoms with Crippen molar-refractivity contribution in [3.63, 3.8) is 0 Å². The lowest BCUT2D eigenvalue weighted by Gasteiger charge is -2.37. The lowest BCUT2D eigenvalue weighted by molar-refractivity contribution is -0.114. The molecule has 2 heterocycles. The van der Waals surface area contributed by atoms with Crippen LogP contribution in [0.4, 0.5) is 14.5 Å². The van der Waals surface area contributed by atoms with E-state index in [0.29, 0.717) is 18.6 Å². The van der Waals surface area contributed by atoms with E-state index in [-0.39, 0.29) is 23.7 Å². The number of nitrogens with zero attached hydrogens (tertiary/aromatic N) is 1. The summed E-state index contributed by atoms with van der Waals surface area (Å²) in [5.74, 6) is 5.74. The summed E-state index contributed by atoms with van der Waals surface area (Å²) >= 11 is 0. The fraction of sp³-hybridized carbons (Fsp3) is 0.457. The van der Waals surface area contributed by atoms with E-state index in [4.69, 9.17) is 9.47 Å². The smallest absolute Gasteiger partial charge is 0.161 e. The van der Waals surface area contributed by atoms with Crippen molar-refractivity contribution in [1.29, 1.82) is 0 Å². The molecule has 1 saturated carbocycles. The van der Waals surface area contributed by atoms with Crippen LogP contribution in [0.5, 0.6) is 0 Å². The van der Waals surface area contributed by atoms with E-state index in [0.717, 1.165) is 49.4 Å². The Morgan fingerprint density at radius 3 is 2.41 bits per heavy atom. The number of hydrogen-bond donors (Lipinski definition) is 0. The van der Waals surface area contributed by atoms with Gasteiger partial charge in [0.2, 0.25) is 0 Å². The quantitative estimate of drug-likeness (QED) is 0.292. The highest BCUT2D eigenvalue weighted by molar-refractivity contribution is 5.93. The van der Waals surface area contributed by atoms with Crippen molar-refractivity contribution in [2.24, 2.45) is 11.8 Å². The first-order valence-electron chi connectivity index (χ1n) is 14.8. The largest absolute Gasteiger partial charge is 0.378 e. The van der Waals surface area contributed by atoms with Crippen molar-refractivity contribution >= 4 is 11.5 Å². The van der Waals surface area contributed by atoms with Gasteiger partial charge in [-0.15, -0.1) is 0 Å². The summed E-state index contributed by atoms with van der Waals surface area (Å²) in [5, 5.41) is 0. The van der Waals surface area contributed by atoms with Gasteiger partial charge in [0.25, 0.3) is 0 Å². The average Bonchev–Trinajstić information content (AvgIpc) is 3.55. The molecule has 5 aliphatic rings. The molecule has 2 saturated heterocycles. The number of carbonyl (C=O) groups is 1. The number of allylic oxidation sites excluding steroid dienone is 3. The SMILES string of the molecule is CC.CN(C)c1ccc([C@H]2OC[C@]34O[C@@]3(C#Cc3cc(F)cc(F)c3)CCC4C3CCC4=CC(=O)CCC4=C32)cc1. The molecule has 0 radical (unpaired) electrons. The molecule has 3 aliphatic carbocycles. The molecule has 4 nitrogen and oxygen atoms in total. The van der Waals surface area contributed by atoms with Crippen LogP contribution in [-0.2, 0) is 14.3 Å². The molecule has 0 amide bonds. The van der Waals surface area contributed by atoms with Gasteiger partial charge < -0.3 is 14.4 Å². The van der Waals surface area contributed by atoms with Crippen LogP contribution in [0.25, 0.3) is 0 Å². The average molecular weight is 558 g/mol. The monoisotopic (exact) mass is 557 g/mol. The number of carbonyl (C=O) groups excluding carboxylic acids is 1. The number of halogens is 2. The Morgan fingerprint density at radius 2 is 1.71 bits per heavy atom. The normalized spacial score (nSPS) is 31.1. The molecule has 6 heteroatoms. The van der Waals surface area contributed by atoms with Crippen LogP contribution < -0.4 is 4.90 Å². The lowest BCUT2D eigenvalue weighted by atomic mass is 9.66. The van der Waals surface area contributed by atoms with Crippen molar-refractivity contribution in [3.05, 3.63) is 88.0 Å². The van der Waals surface area contributed by atoms with E-state index in [9.17, 15) is 13.6 Å². The lowest BCUT2D eigenvalue weighted by Crippen LogP contribution is -2.35. The molecular weight excluding hydrogens is 520 g/mol. The van der Waals surface area contributed by atoms with Gasteiger partial charge in [-0.25, -0.2) is 8.78 Å².